The monoisotopic (exact) mass is 266 g/mol. The van der Waals surface area contributed by atoms with E-state index in [9.17, 15) is 5.11 Å². The molecule has 0 fully saturated rings. The second kappa shape index (κ2) is 6.78. The molecule has 0 bridgehead atoms. The Morgan fingerprint density at radius 3 is 2.58 bits per heavy atom. The minimum atomic E-state index is 0.180. The number of phenolic OH excluding ortho intramolecular Hbond substituents is 1. The summed E-state index contributed by atoms with van der Waals surface area (Å²) >= 11 is 0. The van der Waals surface area contributed by atoms with Crippen LogP contribution in [0.4, 0.5) is 0 Å². The van der Waals surface area contributed by atoms with Crippen LogP contribution in [0.1, 0.15) is 19.4 Å². The number of nitrogens with zero attached hydrogens (tertiary/aromatic N) is 1. The Morgan fingerprint density at radius 2 is 2.00 bits per heavy atom. The van der Waals surface area contributed by atoms with Crippen LogP contribution in [-0.2, 0) is 6.54 Å². The number of hydrogen-bond donors (Lipinski definition) is 2. The number of nitrogens with one attached hydrogen (secondary N) is 1. The molecule has 4 nitrogen and oxygen atoms in total. The summed E-state index contributed by atoms with van der Waals surface area (Å²) in [7, 11) is 5.74. The predicted octanol–water partition coefficient (Wildman–Crippen LogP) is 2.08. The van der Waals surface area contributed by atoms with Gasteiger partial charge in [0.1, 0.15) is 0 Å². The summed E-state index contributed by atoms with van der Waals surface area (Å²) in [5.41, 5.74) is 1.33. The van der Waals surface area contributed by atoms with Gasteiger partial charge in [-0.1, -0.05) is 19.9 Å². The SMILES string of the molecule is COc1cc(CNCC(C)(C)CN(C)C)ccc1O. The van der Waals surface area contributed by atoms with Crippen molar-refractivity contribution in [3.05, 3.63) is 23.8 Å². The molecule has 0 heterocycles. The zero-order chi connectivity index (χ0) is 14.5. The Kier molecular flexibility index (Phi) is 5.63. The van der Waals surface area contributed by atoms with E-state index in [0.717, 1.165) is 25.2 Å². The maximum atomic E-state index is 9.54. The van der Waals surface area contributed by atoms with Crippen molar-refractivity contribution in [2.45, 2.75) is 20.4 Å². The fourth-order valence-corrected chi connectivity index (χ4v) is 2.29. The molecule has 19 heavy (non-hydrogen) atoms. The van der Waals surface area contributed by atoms with Crippen LogP contribution in [0.15, 0.2) is 18.2 Å². The number of methoxy groups -OCH3 is 1. The topological polar surface area (TPSA) is 44.7 Å². The van der Waals surface area contributed by atoms with Gasteiger partial charge in [0.2, 0.25) is 0 Å². The highest BCUT2D eigenvalue weighted by atomic mass is 16.5. The first-order valence-corrected chi connectivity index (χ1v) is 6.55. The van der Waals surface area contributed by atoms with Gasteiger partial charge in [-0.2, -0.15) is 0 Å². The molecule has 0 aliphatic heterocycles. The molecule has 1 rings (SSSR count). The van der Waals surface area contributed by atoms with Gasteiger partial charge < -0.3 is 20.1 Å². The zero-order valence-corrected chi connectivity index (χ0v) is 12.7. The molecule has 4 heteroatoms. The van der Waals surface area contributed by atoms with Crippen LogP contribution in [0.25, 0.3) is 0 Å². The highest BCUT2D eigenvalue weighted by Gasteiger charge is 2.18. The van der Waals surface area contributed by atoms with E-state index in [1.54, 1.807) is 13.2 Å². The number of benzene rings is 1. The van der Waals surface area contributed by atoms with Gasteiger partial charge in [0, 0.05) is 19.6 Å². The summed E-state index contributed by atoms with van der Waals surface area (Å²) in [5, 5.41) is 13.0. The van der Waals surface area contributed by atoms with Crippen LogP contribution < -0.4 is 10.1 Å². The third-order valence-corrected chi connectivity index (χ3v) is 2.92. The number of aromatic hydroxyl groups is 1. The van der Waals surface area contributed by atoms with E-state index in [4.69, 9.17) is 4.74 Å². The Balaban J connectivity index is 2.49. The first-order valence-electron chi connectivity index (χ1n) is 6.55. The summed E-state index contributed by atoms with van der Waals surface area (Å²) < 4.78 is 5.10. The van der Waals surface area contributed by atoms with Gasteiger partial charge in [-0.15, -0.1) is 0 Å². The lowest BCUT2D eigenvalue weighted by atomic mass is 9.93. The highest BCUT2D eigenvalue weighted by Crippen LogP contribution is 2.26. The summed E-state index contributed by atoms with van der Waals surface area (Å²) in [6.45, 7) is 7.25. The summed E-state index contributed by atoms with van der Waals surface area (Å²) in [6.07, 6.45) is 0. The maximum absolute atomic E-state index is 9.54. The summed E-state index contributed by atoms with van der Waals surface area (Å²) in [6, 6.07) is 5.44. The first kappa shape index (κ1) is 15.8. The van der Waals surface area contributed by atoms with E-state index in [1.165, 1.54) is 0 Å². The van der Waals surface area contributed by atoms with E-state index in [2.05, 4.69) is 38.2 Å². The van der Waals surface area contributed by atoms with Crippen molar-refractivity contribution in [2.24, 2.45) is 5.41 Å². The van der Waals surface area contributed by atoms with Crippen molar-refractivity contribution in [3.8, 4) is 11.5 Å². The van der Waals surface area contributed by atoms with Crippen molar-refractivity contribution >= 4 is 0 Å². The zero-order valence-electron chi connectivity index (χ0n) is 12.7. The number of phenols is 1. The van der Waals surface area contributed by atoms with Crippen molar-refractivity contribution in [1.29, 1.82) is 0 Å². The Morgan fingerprint density at radius 1 is 1.32 bits per heavy atom. The average Bonchev–Trinajstić information content (AvgIpc) is 2.29. The molecule has 0 saturated heterocycles. The molecular weight excluding hydrogens is 240 g/mol. The first-order chi connectivity index (χ1) is 8.84. The molecule has 0 saturated carbocycles. The van der Waals surface area contributed by atoms with Gasteiger partial charge in [0.05, 0.1) is 7.11 Å². The number of ether oxygens (including phenoxy) is 1. The number of hydrogen-bond acceptors (Lipinski definition) is 4. The van der Waals surface area contributed by atoms with Gasteiger partial charge in [0.15, 0.2) is 11.5 Å². The van der Waals surface area contributed by atoms with E-state index in [1.807, 2.05) is 12.1 Å². The fraction of sp³-hybridized carbons (Fsp3) is 0.600. The quantitative estimate of drug-likeness (QED) is 0.793. The molecule has 1 aromatic carbocycles. The van der Waals surface area contributed by atoms with Gasteiger partial charge in [-0.05, 0) is 37.2 Å². The molecule has 0 aliphatic rings. The van der Waals surface area contributed by atoms with Crippen LogP contribution in [0.2, 0.25) is 0 Å². The summed E-state index contributed by atoms with van der Waals surface area (Å²) in [4.78, 5) is 2.20. The van der Waals surface area contributed by atoms with Crippen molar-refractivity contribution < 1.29 is 9.84 Å². The number of rotatable bonds is 7. The molecule has 0 radical (unpaired) electrons. The van der Waals surface area contributed by atoms with Gasteiger partial charge >= 0.3 is 0 Å². The molecule has 0 aliphatic carbocycles. The average molecular weight is 266 g/mol. The Labute approximate surface area is 116 Å². The van der Waals surface area contributed by atoms with Gasteiger partial charge in [0.25, 0.3) is 0 Å². The van der Waals surface area contributed by atoms with Crippen LogP contribution in [0, 0.1) is 5.41 Å². The second-order valence-corrected chi connectivity index (χ2v) is 6.01. The van der Waals surface area contributed by atoms with E-state index in [0.29, 0.717) is 5.75 Å². The van der Waals surface area contributed by atoms with E-state index < -0.39 is 0 Å². The molecule has 0 spiro atoms. The van der Waals surface area contributed by atoms with E-state index >= 15 is 0 Å². The van der Waals surface area contributed by atoms with Crippen LogP contribution >= 0.6 is 0 Å². The lowest BCUT2D eigenvalue weighted by Gasteiger charge is -2.28. The lowest BCUT2D eigenvalue weighted by Crippen LogP contribution is -2.37. The highest BCUT2D eigenvalue weighted by molar-refractivity contribution is 5.41. The standard InChI is InChI=1S/C15H26N2O2/c1-15(2,11-17(3)4)10-16-9-12-6-7-13(18)14(8-12)19-5/h6-8,16,18H,9-11H2,1-5H3. The fourth-order valence-electron chi connectivity index (χ4n) is 2.29. The van der Waals surface area contributed by atoms with Crippen LogP contribution in [0.5, 0.6) is 11.5 Å². The van der Waals surface area contributed by atoms with Crippen molar-refractivity contribution in [3.63, 3.8) is 0 Å². The molecule has 0 unspecified atom stereocenters. The largest absolute Gasteiger partial charge is 0.504 e. The lowest BCUT2D eigenvalue weighted by molar-refractivity contribution is 0.232. The minimum Gasteiger partial charge on any atom is -0.504 e. The smallest absolute Gasteiger partial charge is 0.160 e. The third kappa shape index (κ3) is 5.49. The molecule has 0 atom stereocenters. The second-order valence-electron chi connectivity index (χ2n) is 6.01. The molecular formula is C15H26N2O2. The Hall–Kier alpha value is -1.26. The third-order valence-electron chi connectivity index (χ3n) is 2.92. The predicted molar refractivity (Wildman–Crippen MR) is 78.7 cm³/mol. The maximum Gasteiger partial charge on any atom is 0.160 e. The van der Waals surface area contributed by atoms with Gasteiger partial charge in [-0.3, -0.25) is 0 Å². The Bertz CT molecular complexity index is 403. The van der Waals surface area contributed by atoms with Crippen molar-refractivity contribution in [1.82, 2.24) is 10.2 Å². The van der Waals surface area contributed by atoms with Crippen molar-refractivity contribution in [2.75, 3.05) is 34.3 Å². The minimum absolute atomic E-state index is 0.180. The van der Waals surface area contributed by atoms with E-state index in [-0.39, 0.29) is 11.2 Å². The normalized spacial score (nSPS) is 11.9. The summed E-state index contributed by atoms with van der Waals surface area (Å²) in [5.74, 6) is 0.700. The molecule has 2 N–H and O–H groups in total. The van der Waals surface area contributed by atoms with Crippen LogP contribution in [-0.4, -0.2) is 44.3 Å². The molecule has 0 aromatic heterocycles. The molecule has 108 valence electrons. The molecule has 1 aromatic rings. The van der Waals surface area contributed by atoms with Gasteiger partial charge in [-0.25, -0.2) is 0 Å². The van der Waals surface area contributed by atoms with Crippen LogP contribution in [0.3, 0.4) is 0 Å². The molecule has 0 amide bonds.